The van der Waals surface area contributed by atoms with Gasteiger partial charge in [-0.2, -0.15) is 5.26 Å². The quantitative estimate of drug-likeness (QED) is 0.600. The SMILES string of the molecule is N#CC1CC(F)(F)CN1C(=O)CNC(=O)c1ccnc2ccc(C=Cc3ccnc(O)c3)cc12. The Bertz CT molecular complexity index is 1340. The number of halogens is 2. The molecule has 2 amide bonds. The number of pyridine rings is 2. The number of carbonyl (C=O) groups excluding carboxylic acids is 2. The minimum absolute atomic E-state index is 0.0999. The molecule has 1 aromatic carbocycles. The van der Waals surface area contributed by atoms with Crippen LogP contribution in [0.3, 0.4) is 0 Å². The zero-order chi connectivity index (χ0) is 24.3. The molecule has 0 radical (unpaired) electrons. The maximum Gasteiger partial charge on any atom is 0.268 e. The topological polar surface area (TPSA) is 119 Å². The van der Waals surface area contributed by atoms with Crippen LogP contribution in [0.1, 0.15) is 27.9 Å². The molecule has 0 saturated carbocycles. The Morgan fingerprint density at radius 1 is 1.18 bits per heavy atom. The number of nitrogens with zero attached hydrogens (tertiary/aromatic N) is 4. The van der Waals surface area contributed by atoms with Crippen LogP contribution in [0.15, 0.2) is 48.8 Å². The number of amides is 2. The number of hydrogen-bond acceptors (Lipinski definition) is 6. The van der Waals surface area contributed by atoms with E-state index in [-0.39, 0.29) is 11.4 Å². The zero-order valence-electron chi connectivity index (χ0n) is 17.8. The molecule has 172 valence electrons. The summed E-state index contributed by atoms with van der Waals surface area (Å²) in [6, 6.07) is 10.5. The first-order valence-electron chi connectivity index (χ1n) is 10.3. The minimum Gasteiger partial charge on any atom is -0.493 e. The average Bonchev–Trinajstić information content (AvgIpc) is 3.15. The molecule has 2 N–H and O–H groups in total. The normalized spacial score (nSPS) is 17.1. The van der Waals surface area contributed by atoms with Gasteiger partial charge in [-0.05, 0) is 35.4 Å². The van der Waals surface area contributed by atoms with Crippen molar-refractivity contribution >= 4 is 34.9 Å². The number of hydrogen-bond donors (Lipinski definition) is 2. The molecule has 4 rings (SSSR count). The smallest absolute Gasteiger partial charge is 0.268 e. The van der Waals surface area contributed by atoms with Crippen molar-refractivity contribution in [3.05, 3.63) is 65.5 Å². The van der Waals surface area contributed by atoms with Gasteiger partial charge in [0.25, 0.3) is 11.8 Å². The molecule has 1 aliphatic heterocycles. The Kier molecular flexibility index (Phi) is 6.19. The standard InChI is InChI=1S/C24H19F2N5O3/c25-24(26)11-17(12-27)31(14-24)22(33)13-30-23(34)18-6-8-28-20-4-3-15(9-19(18)20)1-2-16-5-7-29-21(32)10-16/h1-10,17H,11,13-14H2,(H,29,32)(H,30,34). The van der Waals surface area contributed by atoms with Crippen LogP contribution in [0.4, 0.5) is 8.78 Å². The van der Waals surface area contributed by atoms with E-state index < -0.39 is 43.3 Å². The summed E-state index contributed by atoms with van der Waals surface area (Å²) >= 11 is 0. The molecule has 3 aromatic rings. The van der Waals surface area contributed by atoms with Crippen molar-refractivity contribution in [1.29, 1.82) is 5.26 Å². The van der Waals surface area contributed by atoms with Crippen molar-refractivity contribution in [1.82, 2.24) is 20.2 Å². The summed E-state index contributed by atoms with van der Waals surface area (Å²) in [4.78, 5) is 34.0. The Balaban J connectivity index is 1.51. The number of likely N-dealkylation sites (tertiary alicyclic amines) is 1. The molecule has 0 bridgehead atoms. The van der Waals surface area contributed by atoms with Crippen LogP contribution >= 0.6 is 0 Å². The number of benzene rings is 1. The van der Waals surface area contributed by atoms with Crippen molar-refractivity contribution in [2.45, 2.75) is 18.4 Å². The zero-order valence-corrected chi connectivity index (χ0v) is 17.8. The molecule has 1 unspecified atom stereocenters. The molecule has 1 atom stereocenters. The van der Waals surface area contributed by atoms with E-state index in [1.807, 2.05) is 6.07 Å². The van der Waals surface area contributed by atoms with Gasteiger partial charge in [0.2, 0.25) is 11.8 Å². The number of aromatic hydroxyl groups is 1. The van der Waals surface area contributed by atoms with Gasteiger partial charge in [0.05, 0.1) is 30.2 Å². The lowest BCUT2D eigenvalue weighted by Gasteiger charge is -2.19. The summed E-state index contributed by atoms with van der Waals surface area (Å²) in [5.74, 6) is -4.54. The Morgan fingerprint density at radius 3 is 2.65 bits per heavy atom. The first-order chi connectivity index (χ1) is 16.3. The van der Waals surface area contributed by atoms with E-state index in [0.29, 0.717) is 10.9 Å². The summed E-state index contributed by atoms with van der Waals surface area (Å²) in [6.07, 6.45) is 5.79. The second-order valence-corrected chi connectivity index (χ2v) is 7.83. The van der Waals surface area contributed by atoms with Crippen LogP contribution < -0.4 is 5.32 Å². The number of nitrogens with one attached hydrogen (secondary N) is 1. The number of fused-ring (bicyclic) bond motifs is 1. The first-order valence-corrected chi connectivity index (χ1v) is 10.3. The molecule has 1 aliphatic rings. The summed E-state index contributed by atoms with van der Waals surface area (Å²) in [6.45, 7) is -1.36. The highest BCUT2D eigenvalue weighted by atomic mass is 19.3. The van der Waals surface area contributed by atoms with Gasteiger partial charge in [-0.15, -0.1) is 0 Å². The van der Waals surface area contributed by atoms with Crippen LogP contribution in [0.25, 0.3) is 23.1 Å². The van der Waals surface area contributed by atoms with Crippen molar-refractivity contribution in [2.24, 2.45) is 0 Å². The number of rotatable bonds is 5. The Hall–Kier alpha value is -4.39. The molecule has 2 aromatic heterocycles. The predicted molar refractivity (Wildman–Crippen MR) is 120 cm³/mol. The maximum absolute atomic E-state index is 13.6. The number of alkyl halides is 2. The van der Waals surface area contributed by atoms with Crippen molar-refractivity contribution in [3.63, 3.8) is 0 Å². The van der Waals surface area contributed by atoms with Gasteiger partial charge in [0.15, 0.2) is 0 Å². The second kappa shape index (κ2) is 9.23. The molecule has 1 saturated heterocycles. The lowest BCUT2D eigenvalue weighted by atomic mass is 10.0. The second-order valence-electron chi connectivity index (χ2n) is 7.83. The van der Waals surface area contributed by atoms with Crippen LogP contribution in [0, 0.1) is 11.3 Å². The van der Waals surface area contributed by atoms with Crippen molar-refractivity contribution in [3.8, 4) is 11.9 Å². The van der Waals surface area contributed by atoms with Crippen LogP contribution in [-0.2, 0) is 4.79 Å². The third-order valence-corrected chi connectivity index (χ3v) is 5.39. The largest absolute Gasteiger partial charge is 0.493 e. The highest BCUT2D eigenvalue weighted by molar-refractivity contribution is 6.07. The van der Waals surface area contributed by atoms with Crippen LogP contribution in [0.5, 0.6) is 5.88 Å². The van der Waals surface area contributed by atoms with Gasteiger partial charge in [-0.1, -0.05) is 18.2 Å². The van der Waals surface area contributed by atoms with E-state index in [0.717, 1.165) is 16.0 Å². The fourth-order valence-corrected chi connectivity index (χ4v) is 3.74. The predicted octanol–water partition coefficient (Wildman–Crippen LogP) is 3.00. The Labute approximate surface area is 193 Å². The van der Waals surface area contributed by atoms with E-state index in [4.69, 9.17) is 5.26 Å². The molecule has 0 aliphatic carbocycles. The fraction of sp³-hybridized carbons (Fsp3) is 0.208. The highest BCUT2D eigenvalue weighted by Gasteiger charge is 2.47. The lowest BCUT2D eigenvalue weighted by Crippen LogP contribution is -2.43. The van der Waals surface area contributed by atoms with Gasteiger partial charge in [0, 0.05) is 30.3 Å². The van der Waals surface area contributed by atoms with E-state index in [1.165, 1.54) is 24.5 Å². The number of carbonyl (C=O) groups is 2. The fourth-order valence-electron chi connectivity index (χ4n) is 3.74. The van der Waals surface area contributed by atoms with Crippen LogP contribution in [0.2, 0.25) is 0 Å². The molecule has 3 heterocycles. The maximum atomic E-state index is 13.6. The first kappa shape index (κ1) is 22.8. The monoisotopic (exact) mass is 463 g/mol. The van der Waals surface area contributed by atoms with Gasteiger partial charge in [-0.25, -0.2) is 13.8 Å². The molecule has 10 heteroatoms. The highest BCUT2D eigenvalue weighted by Crippen LogP contribution is 2.31. The van der Waals surface area contributed by atoms with E-state index >= 15 is 0 Å². The summed E-state index contributed by atoms with van der Waals surface area (Å²) in [7, 11) is 0. The van der Waals surface area contributed by atoms with Gasteiger partial charge >= 0.3 is 0 Å². The third kappa shape index (κ3) is 4.99. The third-order valence-electron chi connectivity index (χ3n) is 5.39. The van der Waals surface area contributed by atoms with E-state index in [1.54, 1.807) is 36.4 Å². The van der Waals surface area contributed by atoms with Crippen molar-refractivity contribution < 1.29 is 23.5 Å². The van der Waals surface area contributed by atoms with E-state index in [9.17, 15) is 23.5 Å². The summed E-state index contributed by atoms with van der Waals surface area (Å²) in [5, 5.41) is 21.5. The summed E-state index contributed by atoms with van der Waals surface area (Å²) in [5.41, 5.74) is 2.32. The Morgan fingerprint density at radius 2 is 1.91 bits per heavy atom. The van der Waals surface area contributed by atoms with Gasteiger partial charge in [-0.3, -0.25) is 14.6 Å². The molecule has 8 nitrogen and oxygen atoms in total. The van der Waals surface area contributed by atoms with Crippen molar-refractivity contribution in [2.75, 3.05) is 13.1 Å². The number of nitriles is 1. The van der Waals surface area contributed by atoms with Gasteiger partial charge < -0.3 is 15.3 Å². The van der Waals surface area contributed by atoms with Crippen LogP contribution in [-0.4, -0.2) is 56.8 Å². The molecule has 34 heavy (non-hydrogen) atoms. The lowest BCUT2D eigenvalue weighted by molar-refractivity contribution is -0.131. The molecular formula is C24H19F2N5O3. The molecule has 1 fully saturated rings. The van der Waals surface area contributed by atoms with E-state index in [2.05, 4.69) is 15.3 Å². The van der Waals surface area contributed by atoms with Gasteiger partial charge in [0.1, 0.15) is 6.04 Å². The summed E-state index contributed by atoms with van der Waals surface area (Å²) < 4.78 is 27.2. The number of aromatic nitrogens is 2. The molecular weight excluding hydrogens is 444 g/mol. The minimum atomic E-state index is -3.12. The average molecular weight is 463 g/mol. The molecule has 0 spiro atoms.